The topological polar surface area (TPSA) is 50.1 Å². The summed E-state index contributed by atoms with van der Waals surface area (Å²) < 4.78 is 5.65. The van der Waals surface area contributed by atoms with Crippen LogP contribution in [0.2, 0.25) is 0 Å². The Morgan fingerprint density at radius 1 is 1.27 bits per heavy atom. The number of hydrogen-bond donors (Lipinski definition) is 0. The zero-order valence-corrected chi connectivity index (χ0v) is 13.9. The fraction of sp³-hybridized carbons (Fsp3) is 0.474. The third-order valence-corrected chi connectivity index (χ3v) is 3.60. The van der Waals surface area contributed by atoms with E-state index in [2.05, 4.69) is 13.8 Å². The van der Waals surface area contributed by atoms with Gasteiger partial charge in [0.25, 0.3) is 0 Å². The molecule has 0 aliphatic rings. The summed E-state index contributed by atoms with van der Waals surface area (Å²) in [5.74, 6) is 1.21. The number of nitrogens with zero attached hydrogens (tertiary/aromatic N) is 1. The molecule has 0 saturated carbocycles. The lowest BCUT2D eigenvalue weighted by Crippen LogP contribution is -2.11. The van der Waals surface area contributed by atoms with Crippen molar-refractivity contribution in [3.63, 3.8) is 0 Å². The van der Waals surface area contributed by atoms with Gasteiger partial charge in [-0.15, -0.1) is 0 Å². The molecule has 0 bridgehead atoms. The maximum atomic E-state index is 12.1. The third-order valence-electron chi connectivity index (χ3n) is 3.60. The summed E-state index contributed by atoms with van der Waals surface area (Å²) in [7, 11) is 0. The van der Waals surface area contributed by atoms with E-state index in [1.165, 1.54) is 0 Å². The van der Waals surface area contributed by atoms with E-state index in [0.29, 0.717) is 12.5 Å². The first kappa shape index (κ1) is 18.0. The number of hydrogen-bond acceptors (Lipinski definition) is 3. The van der Waals surface area contributed by atoms with Crippen LogP contribution in [-0.2, 0) is 4.79 Å². The van der Waals surface area contributed by atoms with Crippen molar-refractivity contribution in [1.29, 1.82) is 5.26 Å². The highest BCUT2D eigenvalue weighted by atomic mass is 16.5. The number of carbonyl (C=O) groups excluding carboxylic acids is 1. The molecule has 1 atom stereocenters. The number of Topliss-reactive ketones (excluding diaryl/α,β-unsaturated/α-hetero) is 1. The summed E-state index contributed by atoms with van der Waals surface area (Å²) in [6.07, 6.45) is 3.40. The molecular formula is C19H25NO2. The van der Waals surface area contributed by atoms with Crippen LogP contribution in [0.4, 0.5) is 0 Å². The summed E-state index contributed by atoms with van der Waals surface area (Å²) in [5.41, 5.74) is 1.05. The molecule has 0 saturated heterocycles. The van der Waals surface area contributed by atoms with Crippen LogP contribution in [-0.4, -0.2) is 12.4 Å². The molecule has 3 nitrogen and oxygen atoms in total. The van der Waals surface area contributed by atoms with Gasteiger partial charge in [0.1, 0.15) is 11.8 Å². The molecular weight excluding hydrogens is 274 g/mol. The van der Waals surface area contributed by atoms with Crippen LogP contribution < -0.4 is 4.74 Å². The number of allylic oxidation sites excluding steroid dienone is 1. The second kappa shape index (κ2) is 9.04. The summed E-state index contributed by atoms with van der Waals surface area (Å²) in [6, 6.07) is 9.48. The van der Waals surface area contributed by atoms with Gasteiger partial charge in [0, 0.05) is 5.92 Å². The van der Waals surface area contributed by atoms with Crippen LogP contribution in [0.15, 0.2) is 29.8 Å². The largest absolute Gasteiger partial charge is 0.494 e. The van der Waals surface area contributed by atoms with Crippen molar-refractivity contribution in [3.8, 4) is 11.8 Å². The van der Waals surface area contributed by atoms with Gasteiger partial charge < -0.3 is 4.74 Å². The summed E-state index contributed by atoms with van der Waals surface area (Å²) >= 11 is 0. The highest BCUT2D eigenvalue weighted by Gasteiger charge is 2.15. The quantitative estimate of drug-likeness (QED) is 0.519. The van der Waals surface area contributed by atoms with Crippen molar-refractivity contribution in [2.24, 2.45) is 11.8 Å². The number of rotatable bonds is 8. The fourth-order valence-electron chi connectivity index (χ4n) is 1.85. The Morgan fingerprint density at radius 3 is 2.41 bits per heavy atom. The van der Waals surface area contributed by atoms with Crippen LogP contribution in [0.3, 0.4) is 0 Å². The van der Waals surface area contributed by atoms with Gasteiger partial charge in [0.2, 0.25) is 0 Å². The van der Waals surface area contributed by atoms with E-state index in [-0.39, 0.29) is 17.3 Å². The van der Waals surface area contributed by atoms with Crippen molar-refractivity contribution in [2.75, 3.05) is 6.61 Å². The van der Waals surface area contributed by atoms with Crippen molar-refractivity contribution in [1.82, 2.24) is 0 Å². The van der Waals surface area contributed by atoms with Gasteiger partial charge in [-0.3, -0.25) is 4.79 Å². The molecule has 0 radical (unpaired) electrons. The standard InChI is InChI=1S/C19H25NO2/c1-5-15(4)19(21)17(13-20)12-16-6-8-18(9-7-16)22-11-10-14(2)3/h6-9,12,14-15H,5,10-11H2,1-4H3. The minimum absolute atomic E-state index is 0.0951. The molecule has 1 unspecified atom stereocenters. The van der Waals surface area contributed by atoms with Crippen molar-refractivity contribution in [3.05, 3.63) is 35.4 Å². The first-order valence-electron chi connectivity index (χ1n) is 7.86. The van der Waals surface area contributed by atoms with Gasteiger partial charge in [-0.1, -0.05) is 39.8 Å². The van der Waals surface area contributed by atoms with Gasteiger partial charge in [-0.05, 0) is 42.5 Å². The highest BCUT2D eigenvalue weighted by molar-refractivity contribution is 6.04. The van der Waals surface area contributed by atoms with Gasteiger partial charge in [-0.25, -0.2) is 0 Å². The number of nitriles is 1. The minimum Gasteiger partial charge on any atom is -0.494 e. The summed E-state index contributed by atoms with van der Waals surface area (Å²) in [6.45, 7) is 8.81. The fourth-order valence-corrected chi connectivity index (χ4v) is 1.85. The molecule has 0 amide bonds. The molecule has 1 aromatic rings. The predicted octanol–water partition coefficient (Wildman–Crippen LogP) is 4.63. The van der Waals surface area contributed by atoms with E-state index >= 15 is 0 Å². The summed E-state index contributed by atoms with van der Waals surface area (Å²) in [4.78, 5) is 12.1. The molecule has 0 N–H and O–H groups in total. The van der Waals surface area contributed by atoms with Crippen molar-refractivity contribution in [2.45, 2.75) is 40.5 Å². The maximum absolute atomic E-state index is 12.1. The molecule has 0 aliphatic carbocycles. The van der Waals surface area contributed by atoms with Crippen molar-refractivity contribution < 1.29 is 9.53 Å². The SMILES string of the molecule is CCC(C)C(=O)C(C#N)=Cc1ccc(OCCC(C)C)cc1. The minimum atomic E-state index is -0.121. The highest BCUT2D eigenvalue weighted by Crippen LogP contribution is 2.17. The number of ketones is 1. The Labute approximate surface area is 133 Å². The number of carbonyl (C=O) groups is 1. The lowest BCUT2D eigenvalue weighted by atomic mass is 9.96. The van der Waals surface area contributed by atoms with Gasteiger partial charge in [0.15, 0.2) is 5.78 Å². The van der Waals surface area contributed by atoms with Crippen LogP contribution in [0.25, 0.3) is 6.08 Å². The van der Waals surface area contributed by atoms with E-state index < -0.39 is 0 Å². The van der Waals surface area contributed by atoms with Gasteiger partial charge in [-0.2, -0.15) is 5.26 Å². The van der Waals surface area contributed by atoms with Crippen molar-refractivity contribution >= 4 is 11.9 Å². The number of benzene rings is 1. The Bertz CT molecular complexity index is 550. The second-order valence-electron chi connectivity index (χ2n) is 5.94. The second-order valence-corrected chi connectivity index (χ2v) is 5.94. The van der Waals surface area contributed by atoms with E-state index in [9.17, 15) is 4.79 Å². The Kier molecular flexibility index (Phi) is 7.39. The Balaban J connectivity index is 2.75. The first-order valence-corrected chi connectivity index (χ1v) is 7.86. The third kappa shape index (κ3) is 5.73. The number of ether oxygens (including phenoxy) is 1. The predicted molar refractivity (Wildman–Crippen MR) is 89.4 cm³/mol. The zero-order chi connectivity index (χ0) is 16.5. The molecule has 0 fully saturated rings. The average molecular weight is 299 g/mol. The molecule has 0 aliphatic heterocycles. The van der Waals surface area contributed by atoms with Crippen LogP contribution >= 0.6 is 0 Å². The molecule has 3 heteroatoms. The Morgan fingerprint density at radius 2 is 1.91 bits per heavy atom. The van der Waals surface area contributed by atoms with E-state index in [1.807, 2.05) is 44.2 Å². The average Bonchev–Trinajstić information content (AvgIpc) is 2.52. The molecule has 1 aromatic carbocycles. The normalized spacial score (nSPS) is 12.8. The molecule has 0 aromatic heterocycles. The zero-order valence-electron chi connectivity index (χ0n) is 13.9. The van der Waals surface area contributed by atoms with Gasteiger partial charge >= 0.3 is 0 Å². The molecule has 22 heavy (non-hydrogen) atoms. The van der Waals surface area contributed by atoms with Gasteiger partial charge in [0.05, 0.1) is 12.2 Å². The first-order chi connectivity index (χ1) is 10.5. The maximum Gasteiger partial charge on any atom is 0.176 e. The van der Waals surface area contributed by atoms with Crippen LogP contribution in [0.5, 0.6) is 5.75 Å². The molecule has 0 heterocycles. The molecule has 1 rings (SSSR count). The monoisotopic (exact) mass is 299 g/mol. The van der Waals surface area contributed by atoms with Crippen LogP contribution in [0, 0.1) is 23.2 Å². The smallest absolute Gasteiger partial charge is 0.176 e. The lowest BCUT2D eigenvalue weighted by molar-refractivity contribution is -0.118. The molecule has 118 valence electrons. The van der Waals surface area contributed by atoms with E-state index in [0.717, 1.165) is 24.2 Å². The lowest BCUT2D eigenvalue weighted by Gasteiger charge is -2.08. The molecule has 0 spiro atoms. The summed E-state index contributed by atoms with van der Waals surface area (Å²) in [5, 5.41) is 9.16. The Hall–Kier alpha value is -2.08. The van der Waals surface area contributed by atoms with E-state index in [1.54, 1.807) is 6.08 Å². The van der Waals surface area contributed by atoms with Crippen LogP contribution in [0.1, 0.15) is 46.1 Å². The van der Waals surface area contributed by atoms with E-state index in [4.69, 9.17) is 10.00 Å².